The largest absolute Gasteiger partial charge is 0.463 e. The predicted octanol–water partition coefficient (Wildman–Crippen LogP) is 7.03. The van der Waals surface area contributed by atoms with E-state index >= 15 is 0 Å². The summed E-state index contributed by atoms with van der Waals surface area (Å²) in [6.45, 7) is 9.75. The summed E-state index contributed by atoms with van der Waals surface area (Å²) in [5.41, 5.74) is 0. The van der Waals surface area contributed by atoms with Crippen LogP contribution in [0.3, 0.4) is 0 Å². The molecule has 0 atom stereocenters. The van der Waals surface area contributed by atoms with Crippen LogP contribution in [0, 0.1) is 0 Å². The van der Waals surface area contributed by atoms with Crippen molar-refractivity contribution in [1.29, 1.82) is 0 Å². The van der Waals surface area contributed by atoms with Crippen LogP contribution >= 0.6 is 0 Å². The van der Waals surface area contributed by atoms with Crippen molar-refractivity contribution < 1.29 is 14.0 Å². The van der Waals surface area contributed by atoms with E-state index in [0.717, 1.165) is 12.8 Å². The van der Waals surface area contributed by atoms with Gasteiger partial charge >= 0.3 is 5.97 Å². The molecule has 0 aliphatic carbocycles. The topological polar surface area (TPSA) is 35.5 Å². The summed E-state index contributed by atoms with van der Waals surface area (Å²) >= 11 is 0. The van der Waals surface area contributed by atoms with Gasteiger partial charge in [-0.25, -0.2) is 0 Å². The fraction of sp³-hybridized carbons (Fsp3) is 0.567. The second-order valence-electron chi connectivity index (χ2n) is 10.3. The second-order valence-corrected chi connectivity index (χ2v) is 14.6. The number of esters is 1. The molecule has 0 fully saturated rings. The molecule has 0 amide bonds. The second kappa shape index (κ2) is 15.2. The highest BCUT2D eigenvalue weighted by Gasteiger charge is 2.50. The minimum absolute atomic E-state index is 0.0732. The number of hydrogen-bond donors (Lipinski definition) is 0. The molecule has 0 saturated heterocycles. The lowest BCUT2D eigenvalue weighted by Gasteiger charge is -2.43. The van der Waals surface area contributed by atoms with Gasteiger partial charge in [0, 0.05) is 6.42 Å². The van der Waals surface area contributed by atoms with Crippen molar-refractivity contribution in [3.05, 3.63) is 60.7 Å². The molecule has 0 saturated carbocycles. The highest BCUT2D eigenvalue weighted by atomic mass is 28.4. The molecule has 0 heterocycles. The number of hydrogen-bond acceptors (Lipinski definition) is 3. The summed E-state index contributed by atoms with van der Waals surface area (Å²) in [7, 11) is -2.57. The first-order valence-corrected chi connectivity index (χ1v) is 15.2. The van der Waals surface area contributed by atoms with E-state index in [9.17, 15) is 4.79 Å². The van der Waals surface area contributed by atoms with Crippen LogP contribution in [-0.2, 0) is 14.0 Å². The lowest BCUT2D eigenvalue weighted by atomic mass is 10.1. The maximum atomic E-state index is 12.2. The summed E-state index contributed by atoms with van der Waals surface area (Å²) < 4.78 is 12.3. The molecule has 0 aromatic heterocycles. The van der Waals surface area contributed by atoms with Gasteiger partial charge in [-0.1, -0.05) is 140 Å². The van der Waals surface area contributed by atoms with Crippen LogP contribution in [0.5, 0.6) is 0 Å². The Morgan fingerprint density at radius 1 is 0.706 bits per heavy atom. The lowest BCUT2D eigenvalue weighted by molar-refractivity contribution is -0.144. The third kappa shape index (κ3) is 8.70. The molecule has 2 aromatic rings. The monoisotopic (exact) mass is 482 g/mol. The van der Waals surface area contributed by atoms with Gasteiger partial charge in [0.15, 0.2) is 0 Å². The summed E-state index contributed by atoms with van der Waals surface area (Å²) in [5.74, 6) is -0.103. The van der Waals surface area contributed by atoms with E-state index in [4.69, 9.17) is 9.16 Å². The Morgan fingerprint density at radius 2 is 1.18 bits per heavy atom. The minimum atomic E-state index is -2.57. The molecular weight excluding hydrogens is 436 g/mol. The molecule has 4 heteroatoms. The van der Waals surface area contributed by atoms with Crippen molar-refractivity contribution in [1.82, 2.24) is 0 Å². The summed E-state index contributed by atoms with van der Waals surface area (Å²) in [6, 6.07) is 21.2. The SMILES string of the molecule is CCCCCCCCCCCC(=O)OCCO[Si](c1ccccc1)(c1ccccc1)C(C)(C)C. The van der Waals surface area contributed by atoms with Gasteiger partial charge < -0.3 is 9.16 Å². The molecule has 3 nitrogen and oxygen atoms in total. The Kier molecular flexibility index (Phi) is 12.6. The van der Waals surface area contributed by atoms with Crippen molar-refractivity contribution in [2.45, 2.75) is 96.9 Å². The van der Waals surface area contributed by atoms with Gasteiger partial charge in [-0.05, 0) is 21.8 Å². The highest BCUT2D eigenvalue weighted by molar-refractivity contribution is 6.99. The molecule has 2 rings (SSSR count). The molecule has 188 valence electrons. The van der Waals surface area contributed by atoms with E-state index in [1.54, 1.807) is 0 Å². The van der Waals surface area contributed by atoms with Crippen molar-refractivity contribution in [3.63, 3.8) is 0 Å². The zero-order valence-corrected chi connectivity index (χ0v) is 23.0. The smallest absolute Gasteiger partial charge is 0.305 e. The van der Waals surface area contributed by atoms with E-state index < -0.39 is 8.32 Å². The fourth-order valence-corrected chi connectivity index (χ4v) is 9.31. The molecule has 0 aliphatic heterocycles. The standard InChI is InChI=1S/C30H46O3Si/c1-5-6-7-8-9-10-11-12-19-24-29(31)32-25-26-33-34(30(2,3)4,27-20-15-13-16-21-27)28-22-17-14-18-23-28/h13-18,20-23H,5-12,19,24-26H2,1-4H3. The fourth-order valence-electron chi connectivity index (χ4n) is 4.76. The first-order chi connectivity index (χ1) is 16.4. The highest BCUT2D eigenvalue weighted by Crippen LogP contribution is 2.36. The average molecular weight is 483 g/mol. The minimum Gasteiger partial charge on any atom is -0.463 e. The number of carbonyl (C=O) groups excluding carboxylic acids is 1. The van der Waals surface area contributed by atoms with Crippen LogP contribution in [0.4, 0.5) is 0 Å². The van der Waals surface area contributed by atoms with Crippen LogP contribution in [0.2, 0.25) is 5.04 Å². The number of rotatable bonds is 16. The summed E-state index contributed by atoms with van der Waals surface area (Å²) in [6.07, 6.45) is 11.7. The first-order valence-electron chi connectivity index (χ1n) is 13.3. The van der Waals surface area contributed by atoms with Crippen LogP contribution in [0.1, 0.15) is 91.9 Å². The van der Waals surface area contributed by atoms with Crippen molar-refractivity contribution in [2.75, 3.05) is 13.2 Å². The Hall–Kier alpha value is -1.91. The van der Waals surface area contributed by atoms with Gasteiger partial charge in [0.05, 0.1) is 6.61 Å². The predicted molar refractivity (Wildman–Crippen MR) is 146 cm³/mol. The van der Waals surface area contributed by atoms with Gasteiger partial charge in [0.2, 0.25) is 0 Å². The molecule has 0 radical (unpaired) electrons. The van der Waals surface area contributed by atoms with Crippen molar-refractivity contribution in [2.24, 2.45) is 0 Å². The summed E-state index contributed by atoms with van der Waals surface area (Å²) in [4.78, 5) is 12.2. The molecule has 0 spiro atoms. The molecule has 34 heavy (non-hydrogen) atoms. The molecule has 0 N–H and O–H groups in total. The van der Waals surface area contributed by atoms with Gasteiger partial charge in [-0.3, -0.25) is 4.79 Å². The quantitative estimate of drug-likeness (QED) is 0.146. The van der Waals surface area contributed by atoms with Crippen LogP contribution < -0.4 is 10.4 Å². The Balaban J connectivity index is 1.84. The number of unbranched alkanes of at least 4 members (excludes halogenated alkanes) is 8. The zero-order chi connectivity index (χ0) is 24.7. The zero-order valence-electron chi connectivity index (χ0n) is 22.0. The maximum absolute atomic E-state index is 12.2. The Morgan fingerprint density at radius 3 is 1.65 bits per heavy atom. The number of ether oxygens (including phenoxy) is 1. The van der Waals surface area contributed by atoms with Gasteiger partial charge in [0.1, 0.15) is 6.61 Å². The third-order valence-corrected chi connectivity index (χ3v) is 11.6. The number of benzene rings is 2. The average Bonchev–Trinajstić information content (AvgIpc) is 2.83. The molecular formula is C30H46O3Si. The summed E-state index contributed by atoms with van der Waals surface area (Å²) in [5, 5.41) is 2.42. The molecule has 2 aromatic carbocycles. The first kappa shape index (κ1) is 28.3. The molecule has 0 bridgehead atoms. The number of carbonyl (C=O) groups is 1. The Bertz CT molecular complexity index is 759. The molecule has 0 aliphatic rings. The molecule has 0 unspecified atom stereocenters. The van der Waals surface area contributed by atoms with Crippen molar-refractivity contribution >= 4 is 24.7 Å². The van der Waals surface area contributed by atoms with Crippen LogP contribution in [-0.4, -0.2) is 27.5 Å². The van der Waals surface area contributed by atoms with E-state index in [-0.39, 0.29) is 11.0 Å². The van der Waals surface area contributed by atoms with Crippen LogP contribution in [0.25, 0.3) is 0 Å². The lowest BCUT2D eigenvalue weighted by Crippen LogP contribution is -2.66. The van der Waals surface area contributed by atoms with E-state index in [2.05, 4.69) is 76.2 Å². The van der Waals surface area contributed by atoms with E-state index in [0.29, 0.717) is 19.6 Å². The Labute approximate surface area is 209 Å². The van der Waals surface area contributed by atoms with Gasteiger partial charge in [-0.2, -0.15) is 0 Å². The third-order valence-electron chi connectivity index (χ3n) is 6.57. The normalized spacial score (nSPS) is 12.0. The van der Waals surface area contributed by atoms with Crippen molar-refractivity contribution in [3.8, 4) is 0 Å². The van der Waals surface area contributed by atoms with E-state index in [1.807, 2.05) is 12.1 Å². The van der Waals surface area contributed by atoms with Gasteiger partial charge in [-0.15, -0.1) is 0 Å². The van der Waals surface area contributed by atoms with E-state index in [1.165, 1.54) is 55.3 Å². The van der Waals surface area contributed by atoms with Gasteiger partial charge in [0.25, 0.3) is 8.32 Å². The maximum Gasteiger partial charge on any atom is 0.305 e. The van der Waals surface area contributed by atoms with Crippen LogP contribution in [0.15, 0.2) is 60.7 Å².